The number of hydrogen-bond donors (Lipinski definition) is 3. The molecule has 0 aromatic heterocycles. The van der Waals surface area contributed by atoms with Crippen LogP contribution in [0.1, 0.15) is 75.7 Å². The van der Waals surface area contributed by atoms with E-state index in [-0.39, 0.29) is 0 Å². The van der Waals surface area contributed by atoms with Gasteiger partial charge in [-0.3, -0.25) is 14.4 Å². The molecule has 1 atom stereocenters. The number of carbonyl (C=O) groups excluding carboxylic acids is 5. The number of esters is 2. The Morgan fingerprint density at radius 1 is 0.727 bits per heavy atom. The van der Waals surface area contributed by atoms with Crippen LogP contribution in [0.5, 0.6) is 0 Å². The predicted molar refractivity (Wildman–Crippen MR) is 120 cm³/mol. The van der Waals surface area contributed by atoms with Gasteiger partial charge in [0, 0.05) is 0 Å². The molecule has 0 aliphatic rings. The van der Waals surface area contributed by atoms with E-state index in [9.17, 15) is 24.0 Å². The molecule has 0 unspecified atom stereocenters. The lowest BCUT2D eigenvalue weighted by Crippen LogP contribution is -2.63. The van der Waals surface area contributed by atoms with Gasteiger partial charge in [0.05, 0.1) is 13.5 Å². The first-order chi connectivity index (χ1) is 14.6. The normalized spacial score (nSPS) is 13.3. The number of amides is 3. The van der Waals surface area contributed by atoms with E-state index in [0.717, 1.165) is 0 Å². The summed E-state index contributed by atoms with van der Waals surface area (Å²) in [4.78, 5) is 62.1. The second-order valence-electron chi connectivity index (χ2n) is 10.7. The molecule has 0 bridgehead atoms. The average Bonchev–Trinajstić information content (AvgIpc) is 2.56. The van der Waals surface area contributed by atoms with Crippen LogP contribution in [0.3, 0.4) is 0 Å². The Kier molecular flexibility index (Phi) is 9.91. The molecule has 3 amide bonds. The summed E-state index contributed by atoms with van der Waals surface area (Å²) in [5.74, 6) is -2.90. The van der Waals surface area contributed by atoms with Crippen LogP contribution in [0.15, 0.2) is 0 Å². The Morgan fingerprint density at radius 3 is 1.64 bits per heavy atom. The smallest absolute Gasteiger partial charge is 0.408 e. The molecule has 190 valence electrons. The highest BCUT2D eigenvalue weighted by Gasteiger charge is 2.39. The summed E-state index contributed by atoms with van der Waals surface area (Å²) in [6.07, 6.45) is -1.41. The molecule has 0 spiro atoms. The van der Waals surface area contributed by atoms with Crippen molar-refractivity contribution in [2.75, 3.05) is 7.11 Å². The van der Waals surface area contributed by atoms with Gasteiger partial charge >= 0.3 is 18.0 Å². The van der Waals surface area contributed by atoms with Crippen LogP contribution in [0.4, 0.5) is 4.79 Å². The monoisotopic (exact) mass is 473 g/mol. The van der Waals surface area contributed by atoms with E-state index >= 15 is 0 Å². The summed E-state index contributed by atoms with van der Waals surface area (Å²) < 4.78 is 15.1. The summed E-state index contributed by atoms with van der Waals surface area (Å²) in [5.41, 5.74) is -4.50. The van der Waals surface area contributed by atoms with Crippen molar-refractivity contribution in [1.29, 1.82) is 0 Å². The van der Waals surface area contributed by atoms with Crippen LogP contribution in [0.2, 0.25) is 0 Å². The zero-order valence-electron chi connectivity index (χ0n) is 21.6. The van der Waals surface area contributed by atoms with Crippen molar-refractivity contribution in [2.45, 2.75) is 104 Å². The van der Waals surface area contributed by atoms with Crippen LogP contribution >= 0.6 is 0 Å². The molecule has 11 heteroatoms. The van der Waals surface area contributed by atoms with Gasteiger partial charge in [-0.2, -0.15) is 0 Å². The van der Waals surface area contributed by atoms with Gasteiger partial charge in [-0.15, -0.1) is 0 Å². The van der Waals surface area contributed by atoms with Crippen molar-refractivity contribution >= 4 is 29.8 Å². The maximum atomic E-state index is 13.0. The highest BCUT2D eigenvalue weighted by molar-refractivity contribution is 5.97. The summed E-state index contributed by atoms with van der Waals surface area (Å²) >= 11 is 0. The standard InChI is InChI=1S/C22H39N3O8/c1-19(2,3)32-14(26)12-13(23-18(30)33-20(4,5)6)15(27)24-21(7,8)16(28)25-22(9,10)17(29)31-11/h13H,12H2,1-11H3,(H,23,30)(H,24,27)(H,25,28)/t13-/m1/s1. The number of methoxy groups -OCH3 is 1. The lowest BCUT2D eigenvalue weighted by molar-refractivity contribution is -0.156. The van der Waals surface area contributed by atoms with Gasteiger partial charge in [0.2, 0.25) is 11.8 Å². The summed E-state index contributed by atoms with van der Waals surface area (Å²) in [5, 5.41) is 7.34. The third-order valence-electron chi connectivity index (χ3n) is 3.92. The fraction of sp³-hybridized carbons (Fsp3) is 0.773. The molecule has 3 N–H and O–H groups in total. The number of rotatable bonds is 8. The number of nitrogens with one attached hydrogen (secondary N) is 3. The largest absolute Gasteiger partial charge is 0.467 e. The van der Waals surface area contributed by atoms with Gasteiger partial charge in [-0.05, 0) is 69.2 Å². The Hall–Kier alpha value is -2.85. The van der Waals surface area contributed by atoms with Crippen molar-refractivity contribution in [3.05, 3.63) is 0 Å². The second kappa shape index (κ2) is 10.8. The van der Waals surface area contributed by atoms with E-state index in [4.69, 9.17) is 9.47 Å². The van der Waals surface area contributed by atoms with Gasteiger partial charge in [-0.25, -0.2) is 9.59 Å². The van der Waals surface area contributed by atoms with Crippen molar-refractivity contribution in [1.82, 2.24) is 16.0 Å². The topological polar surface area (TPSA) is 149 Å². The van der Waals surface area contributed by atoms with E-state index < -0.39 is 64.6 Å². The summed E-state index contributed by atoms with van der Waals surface area (Å²) in [6, 6.07) is -1.38. The molecular weight excluding hydrogens is 434 g/mol. The van der Waals surface area contributed by atoms with E-state index in [0.29, 0.717) is 0 Å². The quantitative estimate of drug-likeness (QED) is 0.355. The minimum absolute atomic E-state index is 0.492. The van der Waals surface area contributed by atoms with Gasteiger partial charge in [0.15, 0.2) is 0 Å². The summed E-state index contributed by atoms with van der Waals surface area (Å²) in [7, 11) is 1.19. The first-order valence-electron chi connectivity index (χ1n) is 10.5. The summed E-state index contributed by atoms with van der Waals surface area (Å²) in [6.45, 7) is 15.6. The molecule has 0 heterocycles. The van der Waals surface area contributed by atoms with E-state index in [1.807, 2.05) is 0 Å². The number of ether oxygens (including phenoxy) is 3. The minimum atomic E-state index is -1.51. The fourth-order valence-corrected chi connectivity index (χ4v) is 2.41. The number of hydrogen-bond acceptors (Lipinski definition) is 8. The van der Waals surface area contributed by atoms with Crippen LogP contribution in [0, 0.1) is 0 Å². The molecule has 0 saturated heterocycles. The molecule has 0 aromatic carbocycles. The molecule has 0 saturated carbocycles. The molecule has 33 heavy (non-hydrogen) atoms. The van der Waals surface area contributed by atoms with Gasteiger partial charge in [0.1, 0.15) is 28.3 Å². The van der Waals surface area contributed by atoms with Crippen molar-refractivity contribution in [3.63, 3.8) is 0 Å². The zero-order chi connectivity index (χ0) is 26.4. The highest BCUT2D eigenvalue weighted by Crippen LogP contribution is 2.13. The van der Waals surface area contributed by atoms with E-state index in [1.54, 1.807) is 41.5 Å². The van der Waals surface area contributed by atoms with Crippen LogP contribution in [0.25, 0.3) is 0 Å². The Morgan fingerprint density at radius 2 is 1.21 bits per heavy atom. The average molecular weight is 474 g/mol. The van der Waals surface area contributed by atoms with Crippen LogP contribution < -0.4 is 16.0 Å². The second-order valence-corrected chi connectivity index (χ2v) is 10.7. The molecule has 0 aromatic rings. The lowest BCUT2D eigenvalue weighted by atomic mass is 9.99. The zero-order valence-corrected chi connectivity index (χ0v) is 21.6. The minimum Gasteiger partial charge on any atom is -0.467 e. The molecular formula is C22H39N3O8. The molecule has 0 rings (SSSR count). The van der Waals surface area contributed by atoms with Crippen LogP contribution in [-0.2, 0) is 33.4 Å². The third-order valence-corrected chi connectivity index (χ3v) is 3.92. The Bertz CT molecular complexity index is 731. The first kappa shape index (κ1) is 30.1. The van der Waals surface area contributed by atoms with Crippen molar-refractivity contribution in [3.8, 4) is 0 Å². The lowest BCUT2D eigenvalue weighted by Gasteiger charge is -2.32. The number of carbonyl (C=O) groups is 5. The molecule has 11 nitrogen and oxygen atoms in total. The number of alkyl carbamates (subject to hydrolysis) is 1. The molecule has 0 aliphatic heterocycles. The maximum Gasteiger partial charge on any atom is 0.408 e. The SMILES string of the molecule is COC(=O)C(C)(C)NC(=O)C(C)(C)NC(=O)[C@@H](CC(=O)OC(C)(C)C)NC(=O)OC(C)(C)C. The fourth-order valence-electron chi connectivity index (χ4n) is 2.41. The molecule has 0 fully saturated rings. The van der Waals surface area contributed by atoms with Crippen molar-refractivity contribution < 1.29 is 38.2 Å². The van der Waals surface area contributed by atoms with E-state index in [1.165, 1.54) is 34.8 Å². The third kappa shape index (κ3) is 11.5. The van der Waals surface area contributed by atoms with Gasteiger partial charge in [0.25, 0.3) is 0 Å². The predicted octanol–water partition coefficient (Wildman–Crippen LogP) is 1.57. The highest BCUT2D eigenvalue weighted by atomic mass is 16.6. The molecule has 0 radical (unpaired) electrons. The molecule has 0 aliphatic carbocycles. The van der Waals surface area contributed by atoms with Gasteiger partial charge < -0.3 is 30.2 Å². The van der Waals surface area contributed by atoms with Crippen LogP contribution in [-0.4, -0.2) is 65.3 Å². The Balaban J connectivity index is 5.58. The van der Waals surface area contributed by atoms with Gasteiger partial charge in [-0.1, -0.05) is 0 Å². The van der Waals surface area contributed by atoms with Crippen molar-refractivity contribution in [2.24, 2.45) is 0 Å². The Labute approximate surface area is 195 Å². The first-order valence-corrected chi connectivity index (χ1v) is 10.5. The maximum absolute atomic E-state index is 13.0. The van der Waals surface area contributed by atoms with E-state index in [2.05, 4.69) is 20.7 Å².